The van der Waals surface area contributed by atoms with Gasteiger partial charge in [0.1, 0.15) is 11.3 Å². The number of piperidine rings is 1. The van der Waals surface area contributed by atoms with Gasteiger partial charge in [-0.3, -0.25) is 4.79 Å². The Morgan fingerprint density at radius 2 is 1.88 bits per heavy atom. The van der Waals surface area contributed by atoms with Crippen LogP contribution in [0.15, 0.2) is 34.9 Å². The summed E-state index contributed by atoms with van der Waals surface area (Å²) in [5.74, 6) is -0.333. The Morgan fingerprint density at radius 3 is 2.54 bits per heavy atom. The second-order valence-corrected chi connectivity index (χ2v) is 6.50. The molecule has 6 nitrogen and oxygen atoms in total. The number of amides is 1. The average molecular weight is 356 g/mol. The Balaban J connectivity index is 1.87. The maximum absolute atomic E-state index is 13.1. The number of hydrogen-bond acceptors (Lipinski definition) is 5. The highest BCUT2D eigenvalue weighted by Crippen LogP contribution is 2.25. The van der Waals surface area contributed by atoms with E-state index in [0.29, 0.717) is 42.1 Å². The minimum atomic E-state index is -0.958. The zero-order valence-electron chi connectivity index (χ0n) is 15.2. The second-order valence-electron chi connectivity index (χ2n) is 6.50. The van der Waals surface area contributed by atoms with Crippen molar-refractivity contribution in [2.45, 2.75) is 45.6 Å². The first kappa shape index (κ1) is 18.2. The van der Waals surface area contributed by atoms with Crippen molar-refractivity contribution in [1.29, 1.82) is 0 Å². The molecule has 1 fully saturated rings. The molecule has 1 saturated heterocycles. The third-order valence-corrected chi connectivity index (χ3v) is 4.69. The van der Waals surface area contributed by atoms with Crippen LogP contribution in [0.2, 0.25) is 0 Å². The smallest absolute Gasteiger partial charge is 0.344 e. The Labute approximate surface area is 153 Å². The van der Waals surface area contributed by atoms with Gasteiger partial charge in [-0.1, -0.05) is 42.4 Å². The molecule has 1 atom stereocenters. The average Bonchev–Trinajstić information content (AvgIpc) is 3.07. The molecule has 1 aliphatic rings. The molecule has 2 heterocycles. The molecular weight excluding hydrogens is 332 g/mol. The lowest BCUT2D eigenvalue weighted by Crippen LogP contribution is -2.40. The van der Waals surface area contributed by atoms with E-state index >= 15 is 0 Å². The highest BCUT2D eigenvalue weighted by Gasteiger charge is 2.32. The highest BCUT2D eigenvalue weighted by atomic mass is 16.6. The summed E-state index contributed by atoms with van der Waals surface area (Å²) >= 11 is 0. The van der Waals surface area contributed by atoms with Gasteiger partial charge >= 0.3 is 5.97 Å². The van der Waals surface area contributed by atoms with Crippen molar-refractivity contribution in [3.63, 3.8) is 0 Å². The van der Waals surface area contributed by atoms with Crippen LogP contribution in [0.4, 0.5) is 0 Å². The summed E-state index contributed by atoms with van der Waals surface area (Å²) in [6.45, 7) is 4.97. The van der Waals surface area contributed by atoms with Crippen LogP contribution in [0.3, 0.4) is 0 Å². The molecule has 1 aromatic carbocycles. The molecule has 0 radical (unpaired) electrons. The van der Waals surface area contributed by atoms with Crippen molar-refractivity contribution in [3.8, 4) is 0 Å². The third-order valence-electron chi connectivity index (χ3n) is 4.69. The number of aryl methyl sites for hydroxylation is 2. The van der Waals surface area contributed by atoms with Crippen LogP contribution in [0.5, 0.6) is 0 Å². The summed E-state index contributed by atoms with van der Waals surface area (Å²) in [6.07, 6.45) is 2.68. The fourth-order valence-electron chi connectivity index (χ4n) is 3.26. The maximum Gasteiger partial charge on any atom is 0.344 e. The van der Waals surface area contributed by atoms with E-state index < -0.39 is 12.1 Å². The van der Waals surface area contributed by atoms with E-state index in [9.17, 15) is 9.59 Å². The van der Waals surface area contributed by atoms with Gasteiger partial charge in [0, 0.05) is 18.7 Å². The first-order valence-corrected chi connectivity index (χ1v) is 9.11. The summed E-state index contributed by atoms with van der Waals surface area (Å²) in [5.41, 5.74) is 1.54. The molecule has 1 unspecified atom stereocenters. The lowest BCUT2D eigenvalue weighted by atomic mass is 10.1. The predicted molar refractivity (Wildman–Crippen MR) is 95.6 cm³/mol. The van der Waals surface area contributed by atoms with E-state index in [2.05, 4.69) is 5.16 Å². The summed E-state index contributed by atoms with van der Waals surface area (Å²) in [7, 11) is 0. The fourth-order valence-corrected chi connectivity index (χ4v) is 3.26. The fraction of sp³-hybridized carbons (Fsp3) is 0.450. The van der Waals surface area contributed by atoms with E-state index in [-0.39, 0.29) is 5.91 Å². The number of aromatic nitrogens is 1. The van der Waals surface area contributed by atoms with Gasteiger partial charge in [0.25, 0.3) is 5.91 Å². The van der Waals surface area contributed by atoms with Crippen LogP contribution in [-0.2, 0) is 16.0 Å². The Hall–Kier alpha value is -2.63. The molecule has 138 valence electrons. The van der Waals surface area contributed by atoms with Gasteiger partial charge in [0.15, 0.2) is 0 Å². The van der Waals surface area contributed by atoms with Crippen LogP contribution in [0, 0.1) is 6.92 Å². The largest absolute Gasteiger partial charge is 0.444 e. The van der Waals surface area contributed by atoms with Crippen molar-refractivity contribution in [2.24, 2.45) is 0 Å². The standard InChI is InChI=1S/C20H24N2O4/c1-3-16-17(14(2)26-21-16)20(24)25-18(15-10-6-4-7-11-15)19(23)22-12-8-5-9-13-22/h4,6-7,10-11,18H,3,5,8-9,12-13H2,1-2H3. The molecule has 1 aliphatic heterocycles. The molecule has 26 heavy (non-hydrogen) atoms. The van der Waals surface area contributed by atoms with Crippen molar-refractivity contribution in [2.75, 3.05) is 13.1 Å². The number of nitrogens with zero attached hydrogens (tertiary/aromatic N) is 2. The zero-order valence-corrected chi connectivity index (χ0v) is 15.2. The molecule has 0 aliphatic carbocycles. The van der Waals surface area contributed by atoms with Crippen molar-refractivity contribution < 1.29 is 18.8 Å². The number of carbonyl (C=O) groups excluding carboxylic acids is 2. The van der Waals surface area contributed by atoms with E-state index in [0.717, 1.165) is 19.3 Å². The topological polar surface area (TPSA) is 72.6 Å². The monoisotopic (exact) mass is 356 g/mol. The number of ether oxygens (including phenoxy) is 1. The van der Waals surface area contributed by atoms with Gasteiger partial charge in [0.05, 0.1) is 5.69 Å². The van der Waals surface area contributed by atoms with Crippen molar-refractivity contribution in [3.05, 3.63) is 52.9 Å². The van der Waals surface area contributed by atoms with E-state index in [1.807, 2.05) is 25.1 Å². The molecule has 1 aromatic heterocycles. The quantitative estimate of drug-likeness (QED) is 0.767. The normalized spacial score (nSPS) is 15.5. The molecule has 3 rings (SSSR count). The lowest BCUT2D eigenvalue weighted by molar-refractivity contribution is -0.142. The Morgan fingerprint density at radius 1 is 1.19 bits per heavy atom. The molecule has 2 aromatic rings. The van der Waals surface area contributed by atoms with Crippen molar-refractivity contribution in [1.82, 2.24) is 10.1 Å². The third kappa shape index (κ3) is 3.79. The van der Waals surface area contributed by atoms with Crippen LogP contribution in [0.1, 0.15) is 59.7 Å². The molecule has 0 saturated carbocycles. The lowest BCUT2D eigenvalue weighted by Gasteiger charge is -2.30. The van der Waals surface area contributed by atoms with Gasteiger partial charge < -0.3 is 14.2 Å². The summed E-state index contributed by atoms with van der Waals surface area (Å²) in [5, 5.41) is 3.90. The molecule has 0 spiro atoms. The molecule has 1 amide bonds. The van der Waals surface area contributed by atoms with Gasteiger partial charge in [-0.25, -0.2) is 4.79 Å². The van der Waals surface area contributed by atoms with Crippen LogP contribution < -0.4 is 0 Å². The highest BCUT2D eigenvalue weighted by molar-refractivity contribution is 5.94. The maximum atomic E-state index is 13.1. The second kappa shape index (κ2) is 8.17. The van der Waals surface area contributed by atoms with E-state index in [4.69, 9.17) is 9.26 Å². The van der Waals surface area contributed by atoms with Gasteiger partial charge in [-0.05, 0) is 32.6 Å². The summed E-state index contributed by atoms with van der Waals surface area (Å²) in [4.78, 5) is 27.6. The van der Waals surface area contributed by atoms with Gasteiger partial charge in [-0.15, -0.1) is 0 Å². The van der Waals surface area contributed by atoms with Crippen LogP contribution >= 0.6 is 0 Å². The summed E-state index contributed by atoms with van der Waals surface area (Å²) in [6, 6.07) is 9.15. The van der Waals surface area contributed by atoms with Crippen LogP contribution in [0.25, 0.3) is 0 Å². The van der Waals surface area contributed by atoms with E-state index in [1.165, 1.54) is 0 Å². The Bertz CT molecular complexity index is 763. The predicted octanol–water partition coefficient (Wildman–Crippen LogP) is 3.46. The van der Waals surface area contributed by atoms with Crippen molar-refractivity contribution >= 4 is 11.9 Å². The molecular formula is C20H24N2O4. The molecule has 0 N–H and O–H groups in total. The minimum absolute atomic E-state index is 0.170. The number of likely N-dealkylation sites (tertiary alicyclic amines) is 1. The SMILES string of the molecule is CCc1noc(C)c1C(=O)OC(C(=O)N1CCCCC1)c1ccccc1. The minimum Gasteiger partial charge on any atom is -0.444 e. The number of benzene rings is 1. The van der Waals surface area contributed by atoms with Crippen LogP contribution in [-0.4, -0.2) is 35.0 Å². The Kier molecular flexibility index (Phi) is 5.71. The number of rotatable bonds is 5. The van der Waals surface area contributed by atoms with E-state index in [1.54, 1.807) is 24.0 Å². The van der Waals surface area contributed by atoms with Gasteiger partial charge in [-0.2, -0.15) is 0 Å². The zero-order chi connectivity index (χ0) is 18.5. The van der Waals surface area contributed by atoms with Gasteiger partial charge in [0.2, 0.25) is 6.10 Å². The summed E-state index contributed by atoms with van der Waals surface area (Å²) < 4.78 is 10.8. The first-order valence-electron chi connectivity index (χ1n) is 9.11. The molecule has 6 heteroatoms. The number of carbonyl (C=O) groups is 2. The molecule has 0 bridgehead atoms. The number of esters is 1. The first-order chi connectivity index (χ1) is 12.6. The number of hydrogen-bond donors (Lipinski definition) is 0.